The van der Waals surface area contributed by atoms with E-state index in [-0.39, 0.29) is 10.8 Å². The Hall–Kier alpha value is -0.580. The summed E-state index contributed by atoms with van der Waals surface area (Å²) in [5, 5.41) is 0. The first-order valence-electron chi connectivity index (χ1n) is 4.75. The molecule has 0 aliphatic heterocycles. The lowest BCUT2D eigenvalue weighted by Gasteiger charge is -2.08. The fourth-order valence-electron chi connectivity index (χ4n) is 1.19. The number of rotatable bonds is 5. The van der Waals surface area contributed by atoms with E-state index >= 15 is 0 Å². The maximum Gasteiger partial charge on any atom is 0.240 e. The molecule has 0 spiro atoms. The smallest absolute Gasteiger partial charge is 0.211 e. The Bertz CT molecular complexity index is 417. The van der Waals surface area contributed by atoms with E-state index in [1.54, 1.807) is 24.3 Å². The van der Waals surface area contributed by atoms with Crippen LogP contribution >= 0.6 is 11.6 Å². The van der Waals surface area contributed by atoms with Crippen LogP contribution in [0.5, 0.6) is 0 Å². The number of hydrogen-bond donors (Lipinski definition) is 1. The zero-order valence-electron chi connectivity index (χ0n) is 8.53. The standard InChI is InChI=1S/C10H14ClNO2S/c1-2-7-12-15(13,14)10-6-4-3-5-9(10)8-11/h3-6,12H,2,7-8H2,1H3. The maximum absolute atomic E-state index is 11.8. The first kappa shape index (κ1) is 12.5. The molecule has 1 aromatic rings. The molecule has 1 rings (SSSR count). The van der Waals surface area contributed by atoms with Crippen LogP contribution < -0.4 is 4.72 Å². The molecular weight excluding hydrogens is 234 g/mol. The van der Waals surface area contributed by atoms with Crippen molar-refractivity contribution in [3.05, 3.63) is 29.8 Å². The van der Waals surface area contributed by atoms with Crippen LogP contribution in [0.25, 0.3) is 0 Å². The molecule has 0 radical (unpaired) electrons. The summed E-state index contributed by atoms with van der Waals surface area (Å²) in [6.45, 7) is 2.36. The number of benzene rings is 1. The summed E-state index contributed by atoms with van der Waals surface area (Å²) in [6.07, 6.45) is 0.766. The summed E-state index contributed by atoms with van der Waals surface area (Å²) >= 11 is 5.68. The van der Waals surface area contributed by atoms with Crippen LogP contribution in [-0.2, 0) is 15.9 Å². The molecule has 0 aliphatic carbocycles. The first-order valence-corrected chi connectivity index (χ1v) is 6.77. The Labute approximate surface area is 95.5 Å². The molecule has 0 aromatic heterocycles. The molecule has 1 N–H and O–H groups in total. The number of halogens is 1. The van der Waals surface area contributed by atoms with Crippen LogP contribution in [0.3, 0.4) is 0 Å². The lowest BCUT2D eigenvalue weighted by Crippen LogP contribution is -2.25. The quantitative estimate of drug-likeness (QED) is 0.811. The van der Waals surface area contributed by atoms with E-state index in [9.17, 15) is 8.42 Å². The van der Waals surface area contributed by atoms with Crippen molar-refractivity contribution in [3.63, 3.8) is 0 Å². The van der Waals surface area contributed by atoms with Crippen LogP contribution in [0.2, 0.25) is 0 Å². The molecule has 0 heterocycles. The van der Waals surface area contributed by atoms with Gasteiger partial charge in [-0.05, 0) is 18.1 Å². The van der Waals surface area contributed by atoms with Gasteiger partial charge in [-0.2, -0.15) is 0 Å². The lowest BCUT2D eigenvalue weighted by atomic mass is 10.2. The number of nitrogens with one attached hydrogen (secondary N) is 1. The van der Waals surface area contributed by atoms with Crippen molar-refractivity contribution in [1.82, 2.24) is 4.72 Å². The largest absolute Gasteiger partial charge is 0.240 e. The molecule has 84 valence electrons. The molecule has 5 heteroatoms. The van der Waals surface area contributed by atoms with E-state index in [4.69, 9.17) is 11.6 Å². The van der Waals surface area contributed by atoms with Crippen molar-refractivity contribution in [2.75, 3.05) is 6.54 Å². The van der Waals surface area contributed by atoms with E-state index < -0.39 is 10.0 Å². The van der Waals surface area contributed by atoms with Crippen LogP contribution in [0, 0.1) is 0 Å². The first-order chi connectivity index (χ1) is 7.11. The molecule has 0 fully saturated rings. The van der Waals surface area contributed by atoms with Gasteiger partial charge in [-0.25, -0.2) is 13.1 Å². The highest BCUT2D eigenvalue weighted by atomic mass is 35.5. The van der Waals surface area contributed by atoms with Crippen molar-refractivity contribution in [1.29, 1.82) is 0 Å². The Morgan fingerprint density at radius 3 is 2.60 bits per heavy atom. The number of sulfonamides is 1. The second-order valence-corrected chi connectivity index (χ2v) is 5.14. The molecule has 0 aliphatic rings. The van der Waals surface area contributed by atoms with Gasteiger partial charge in [0.1, 0.15) is 0 Å². The molecule has 0 saturated carbocycles. The van der Waals surface area contributed by atoms with Gasteiger partial charge in [0.2, 0.25) is 10.0 Å². The predicted molar refractivity (Wildman–Crippen MR) is 61.5 cm³/mol. The monoisotopic (exact) mass is 247 g/mol. The van der Waals surface area contributed by atoms with Gasteiger partial charge in [0.25, 0.3) is 0 Å². The summed E-state index contributed by atoms with van der Waals surface area (Å²) < 4.78 is 26.1. The lowest BCUT2D eigenvalue weighted by molar-refractivity contribution is 0.580. The second-order valence-electron chi connectivity index (χ2n) is 3.14. The summed E-state index contributed by atoms with van der Waals surface area (Å²) in [5.74, 6) is 0.198. The van der Waals surface area contributed by atoms with E-state index in [0.29, 0.717) is 12.1 Å². The molecule has 0 bridgehead atoms. The average molecular weight is 248 g/mol. The molecule has 15 heavy (non-hydrogen) atoms. The molecule has 0 amide bonds. The van der Waals surface area contributed by atoms with Gasteiger partial charge in [-0.15, -0.1) is 11.6 Å². The minimum atomic E-state index is -3.40. The SMILES string of the molecule is CCCNS(=O)(=O)c1ccccc1CCl. The molecule has 1 aromatic carbocycles. The summed E-state index contributed by atoms with van der Waals surface area (Å²) in [5.41, 5.74) is 0.628. The van der Waals surface area contributed by atoms with Crippen molar-refractivity contribution in [2.45, 2.75) is 24.1 Å². The van der Waals surface area contributed by atoms with E-state index in [1.165, 1.54) is 0 Å². The Kier molecular flexibility index (Phi) is 4.57. The van der Waals surface area contributed by atoms with E-state index in [2.05, 4.69) is 4.72 Å². The van der Waals surface area contributed by atoms with Crippen LogP contribution in [0.15, 0.2) is 29.2 Å². The second kappa shape index (κ2) is 5.49. The highest BCUT2D eigenvalue weighted by Crippen LogP contribution is 2.16. The molecule has 0 saturated heterocycles. The van der Waals surface area contributed by atoms with Crippen molar-refractivity contribution in [3.8, 4) is 0 Å². The van der Waals surface area contributed by atoms with Gasteiger partial charge in [-0.1, -0.05) is 25.1 Å². The minimum Gasteiger partial charge on any atom is -0.211 e. The topological polar surface area (TPSA) is 46.2 Å². The number of hydrogen-bond acceptors (Lipinski definition) is 2. The summed E-state index contributed by atoms with van der Waals surface area (Å²) in [7, 11) is -3.40. The van der Waals surface area contributed by atoms with E-state index in [1.807, 2.05) is 6.92 Å². The van der Waals surface area contributed by atoms with Gasteiger partial charge in [-0.3, -0.25) is 0 Å². The Balaban J connectivity index is 3.04. The van der Waals surface area contributed by atoms with Crippen molar-refractivity contribution < 1.29 is 8.42 Å². The zero-order chi connectivity index (χ0) is 11.3. The third-order valence-corrected chi connectivity index (χ3v) is 3.80. The fourth-order valence-corrected chi connectivity index (χ4v) is 2.87. The third kappa shape index (κ3) is 3.19. The van der Waals surface area contributed by atoms with Gasteiger partial charge in [0, 0.05) is 12.4 Å². The average Bonchev–Trinajstić information content (AvgIpc) is 2.26. The minimum absolute atomic E-state index is 0.198. The third-order valence-electron chi connectivity index (χ3n) is 1.95. The number of alkyl halides is 1. The van der Waals surface area contributed by atoms with Gasteiger partial charge in [0.15, 0.2) is 0 Å². The van der Waals surface area contributed by atoms with E-state index in [0.717, 1.165) is 6.42 Å². The highest BCUT2D eigenvalue weighted by Gasteiger charge is 2.16. The summed E-state index contributed by atoms with van der Waals surface area (Å²) in [4.78, 5) is 0.272. The fraction of sp³-hybridized carbons (Fsp3) is 0.400. The summed E-state index contributed by atoms with van der Waals surface area (Å²) in [6, 6.07) is 6.75. The normalized spacial score (nSPS) is 11.6. The molecule has 0 unspecified atom stereocenters. The Morgan fingerprint density at radius 1 is 1.33 bits per heavy atom. The predicted octanol–water partition coefficient (Wildman–Crippen LogP) is 2.11. The maximum atomic E-state index is 11.8. The van der Waals surface area contributed by atoms with Crippen molar-refractivity contribution in [2.24, 2.45) is 0 Å². The van der Waals surface area contributed by atoms with Gasteiger partial charge < -0.3 is 0 Å². The molecule has 0 atom stereocenters. The molecule has 3 nitrogen and oxygen atoms in total. The van der Waals surface area contributed by atoms with Crippen LogP contribution in [0.1, 0.15) is 18.9 Å². The highest BCUT2D eigenvalue weighted by molar-refractivity contribution is 7.89. The van der Waals surface area contributed by atoms with Crippen molar-refractivity contribution >= 4 is 21.6 Å². The van der Waals surface area contributed by atoms with Crippen LogP contribution in [-0.4, -0.2) is 15.0 Å². The van der Waals surface area contributed by atoms with Gasteiger partial charge >= 0.3 is 0 Å². The molecular formula is C10H14ClNO2S. The van der Waals surface area contributed by atoms with Gasteiger partial charge in [0.05, 0.1) is 4.90 Å². The Morgan fingerprint density at radius 2 is 2.00 bits per heavy atom. The zero-order valence-corrected chi connectivity index (χ0v) is 10.1. The van der Waals surface area contributed by atoms with Crippen LogP contribution in [0.4, 0.5) is 0 Å².